The van der Waals surface area contributed by atoms with Crippen LogP contribution in [0.5, 0.6) is 0 Å². The number of H-pyrrole nitrogens is 1. The standard InChI is InChI=1S/C9H9ClN4/c10-7-4-12-9(13-5-7)14-6-8-2-1-3-11-8/h1-5,11H,6H2,(H,12,13,14). The van der Waals surface area contributed by atoms with Gasteiger partial charge in [0.1, 0.15) is 0 Å². The number of halogens is 1. The van der Waals surface area contributed by atoms with Crippen molar-refractivity contribution in [2.45, 2.75) is 6.54 Å². The van der Waals surface area contributed by atoms with E-state index in [0.29, 0.717) is 17.5 Å². The van der Waals surface area contributed by atoms with Crippen molar-refractivity contribution in [1.29, 1.82) is 0 Å². The molecule has 0 saturated carbocycles. The van der Waals surface area contributed by atoms with Crippen LogP contribution >= 0.6 is 11.6 Å². The van der Waals surface area contributed by atoms with E-state index < -0.39 is 0 Å². The SMILES string of the molecule is Clc1cnc(NCc2ccc[nH]2)nc1. The van der Waals surface area contributed by atoms with E-state index in [1.165, 1.54) is 0 Å². The average Bonchev–Trinajstić information content (AvgIpc) is 2.70. The Morgan fingerprint density at radius 3 is 2.79 bits per heavy atom. The second-order valence-electron chi connectivity index (χ2n) is 2.77. The van der Waals surface area contributed by atoms with E-state index >= 15 is 0 Å². The summed E-state index contributed by atoms with van der Waals surface area (Å²) in [6, 6.07) is 3.93. The highest BCUT2D eigenvalue weighted by Crippen LogP contribution is 2.06. The third-order valence-corrected chi connectivity index (χ3v) is 1.91. The third-order valence-electron chi connectivity index (χ3n) is 1.72. The van der Waals surface area contributed by atoms with Crippen molar-refractivity contribution < 1.29 is 0 Å². The fourth-order valence-corrected chi connectivity index (χ4v) is 1.15. The van der Waals surface area contributed by atoms with Crippen LogP contribution in [0.4, 0.5) is 5.95 Å². The van der Waals surface area contributed by atoms with Gasteiger partial charge in [-0.15, -0.1) is 0 Å². The summed E-state index contributed by atoms with van der Waals surface area (Å²) in [5.74, 6) is 0.573. The summed E-state index contributed by atoms with van der Waals surface area (Å²) in [7, 11) is 0. The number of aromatic nitrogens is 3. The van der Waals surface area contributed by atoms with Crippen LogP contribution in [0, 0.1) is 0 Å². The fraction of sp³-hybridized carbons (Fsp3) is 0.111. The number of rotatable bonds is 3. The number of hydrogen-bond donors (Lipinski definition) is 2. The van der Waals surface area contributed by atoms with E-state index in [2.05, 4.69) is 20.3 Å². The molecule has 5 heteroatoms. The molecule has 2 aromatic heterocycles. The summed E-state index contributed by atoms with van der Waals surface area (Å²) >= 11 is 5.65. The number of anilines is 1. The topological polar surface area (TPSA) is 53.6 Å². The maximum atomic E-state index is 5.65. The first-order valence-electron chi connectivity index (χ1n) is 4.18. The molecule has 0 aliphatic rings. The lowest BCUT2D eigenvalue weighted by Gasteiger charge is -2.01. The molecular formula is C9H9ClN4. The predicted octanol–water partition coefficient (Wildman–Crippen LogP) is 2.07. The van der Waals surface area contributed by atoms with Gasteiger partial charge in [-0.1, -0.05) is 11.6 Å². The molecule has 0 aliphatic carbocycles. The molecule has 0 unspecified atom stereocenters. The maximum Gasteiger partial charge on any atom is 0.222 e. The largest absolute Gasteiger partial charge is 0.364 e. The van der Waals surface area contributed by atoms with Crippen LogP contribution in [0.25, 0.3) is 0 Å². The number of nitrogens with zero attached hydrogens (tertiary/aromatic N) is 2. The Kier molecular flexibility index (Phi) is 2.65. The minimum absolute atomic E-state index is 0.537. The summed E-state index contributed by atoms with van der Waals surface area (Å²) in [6.07, 6.45) is 5.00. The van der Waals surface area contributed by atoms with Gasteiger partial charge >= 0.3 is 0 Å². The van der Waals surface area contributed by atoms with Gasteiger partial charge in [0.2, 0.25) is 5.95 Å². The van der Waals surface area contributed by atoms with Crippen molar-refractivity contribution in [2.24, 2.45) is 0 Å². The molecule has 2 N–H and O–H groups in total. The van der Waals surface area contributed by atoms with E-state index in [-0.39, 0.29) is 0 Å². The highest BCUT2D eigenvalue weighted by atomic mass is 35.5. The molecule has 0 saturated heterocycles. The zero-order chi connectivity index (χ0) is 9.80. The molecule has 0 atom stereocenters. The van der Waals surface area contributed by atoms with E-state index in [9.17, 15) is 0 Å². The number of nitrogens with one attached hydrogen (secondary N) is 2. The summed E-state index contributed by atoms with van der Waals surface area (Å²) in [4.78, 5) is 11.1. The molecule has 2 heterocycles. The molecule has 0 bridgehead atoms. The molecule has 0 spiro atoms. The minimum Gasteiger partial charge on any atom is -0.364 e. The van der Waals surface area contributed by atoms with Gasteiger partial charge < -0.3 is 10.3 Å². The van der Waals surface area contributed by atoms with E-state index in [1.54, 1.807) is 12.4 Å². The monoisotopic (exact) mass is 208 g/mol. The van der Waals surface area contributed by atoms with Crippen LogP contribution in [0.1, 0.15) is 5.69 Å². The van der Waals surface area contributed by atoms with Gasteiger partial charge in [-0.05, 0) is 12.1 Å². The fourth-order valence-electron chi connectivity index (χ4n) is 1.06. The predicted molar refractivity (Wildman–Crippen MR) is 55.2 cm³/mol. The molecule has 0 aromatic carbocycles. The van der Waals surface area contributed by atoms with Gasteiger partial charge in [-0.3, -0.25) is 0 Å². The first kappa shape index (κ1) is 9.02. The molecule has 2 aromatic rings. The van der Waals surface area contributed by atoms with Crippen LogP contribution in [-0.4, -0.2) is 15.0 Å². The van der Waals surface area contributed by atoms with Gasteiger partial charge in [-0.2, -0.15) is 0 Å². The van der Waals surface area contributed by atoms with Crippen molar-refractivity contribution in [3.63, 3.8) is 0 Å². The van der Waals surface area contributed by atoms with Crippen LogP contribution in [0.2, 0.25) is 5.02 Å². The highest BCUT2D eigenvalue weighted by molar-refractivity contribution is 6.30. The molecule has 4 nitrogen and oxygen atoms in total. The summed E-state index contributed by atoms with van der Waals surface area (Å²) in [5, 5.41) is 3.60. The first-order chi connectivity index (χ1) is 6.84. The van der Waals surface area contributed by atoms with Crippen LogP contribution < -0.4 is 5.32 Å². The first-order valence-corrected chi connectivity index (χ1v) is 4.56. The van der Waals surface area contributed by atoms with Crippen LogP contribution in [-0.2, 0) is 6.54 Å². The maximum absolute atomic E-state index is 5.65. The van der Waals surface area contributed by atoms with Crippen molar-refractivity contribution >= 4 is 17.5 Å². The molecule has 0 aliphatic heterocycles. The molecule has 0 radical (unpaired) electrons. The Morgan fingerprint density at radius 1 is 1.36 bits per heavy atom. The average molecular weight is 209 g/mol. The quantitative estimate of drug-likeness (QED) is 0.812. The van der Waals surface area contributed by atoms with Crippen molar-refractivity contribution in [3.8, 4) is 0 Å². The van der Waals surface area contributed by atoms with Crippen LogP contribution in [0.3, 0.4) is 0 Å². The lowest BCUT2D eigenvalue weighted by Crippen LogP contribution is -2.02. The Labute approximate surface area is 86.4 Å². The zero-order valence-electron chi connectivity index (χ0n) is 7.37. The van der Waals surface area contributed by atoms with Gasteiger partial charge in [0.05, 0.1) is 24.0 Å². The second-order valence-corrected chi connectivity index (χ2v) is 3.21. The second kappa shape index (κ2) is 4.11. The summed E-state index contributed by atoms with van der Waals surface area (Å²) in [6.45, 7) is 0.675. The zero-order valence-corrected chi connectivity index (χ0v) is 8.12. The lowest BCUT2D eigenvalue weighted by atomic mass is 10.4. The van der Waals surface area contributed by atoms with E-state index in [0.717, 1.165) is 5.69 Å². The normalized spacial score (nSPS) is 10.1. The van der Waals surface area contributed by atoms with Gasteiger partial charge in [0.25, 0.3) is 0 Å². The van der Waals surface area contributed by atoms with Gasteiger partial charge in [0, 0.05) is 11.9 Å². The van der Waals surface area contributed by atoms with Crippen LogP contribution in [0.15, 0.2) is 30.7 Å². The smallest absolute Gasteiger partial charge is 0.222 e. The third kappa shape index (κ3) is 2.23. The highest BCUT2D eigenvalue weighted by Gasteiger charge is 1.96. The van der Waals surface area contributed by atoms with Gasteiger partial charge in [0.15, 0.2) is 0 Å². The lowest BCUT2D eigenvalue weighted by molar-refractivity contribution is 1.02. The Balaban J connectivity index is 1.95. The van der Waals surface area contributed by atoms with E-state index in [1.807, 2.05) is 18.3 Å². The molecule has 0 fully saturated rings. The van der Waals surface area contributed by atoms with Gasteiger partial charge in [-0.25, -0.2) is 9.97 Å². The molecule has 72 valence electrons. The van der Waals surface area contributed by atoms with E-state index in [4.69, 9.17) is 11.6 Å². The van der Waals surface area contributed by atoms with Crippen molar-refractivity contribution in [1.82, 2.24) is 15.0 Å². The Bertz CT molecular complexity index is 382. The summed E-state index contributed by atoms with van der Waals surface area (Å²) < 4.78 is 0. The molecule has 2 rings (SSSR count). The minimum atomic E-state index is 0.537. The Hall–Kier alpha value is -1.55. The molecule has 14 heavy (non-hydrogen) atoms. The summed E-state index contributed by atoms with van der Waals surface area (Å²) in [5.41, 5.74) is 1.09. The number of hydrogen-bond acceptors (Lipinski definition) is 3. The van der Waals surface area contributed by atoms with Crippen molar-refractivity contribution in [3.05, 3.63) is 41.4 Å². The molecule has 0 amide bonds. The molecular weight excluding hydrogens is 200 g/mol. The Morgan fingerprint density at radius 2 is 2.14 bits per heavy atom. The van der Waals surface area contributed by atoms with Crippen molar-refractivity contribution in [2.75, 3.05) is 5.32 Å². The number of aromatic amines is 1.